The van der Waals surface area contributed by atoms with Crippen molar-refractivity contribution in [2.75, 3.05) is 6.54 Å². The van der Waals surface area contributed by atoms with E-state index in [0.29, 0.717) is 11.4 Å². The molecule has 1 aliphatic rings. The van der Waals surface area contributed by atoms with E-state index in [1.807, 2.05) is 24.3 Å². The molecule has 0 spiro atoms. The van der Waals surface area contributed by atoms with Crippen molar-refractivity contribution < 1.29 is 9.90 Å². The minimum Gasteiger partial charge on any atom is -0.480 e. The third-order valence-electron chi connectivity index (χ3n) is 4.74. The second-order valence-electron chi connectivity index (χ2n) is 6.45. The molecule has 126 valence electrons. The maximum Gasteiger partial charge on any atom is 0.320 e. The Morgan fingerprint density at radius 2 is 1.67 bits per heavy atom. The zero-order chi connectivity index (χ0) is 17.1. The standard InChI is InChI=1S/C20H22ClNO2/c1-14-5-7-15(8-6-14)19(16-9-11-17(21)12-10-16)22-13-3-2-4-18(22)20(23)24/h5-12,18-19H,2-4,13H2,1H3,(H,23,24). The molecule has 0 saturated carbocycles. The topological polar surface area (TPSA) is 40.5 Å². The van der Waals surface area contributed by atoms with Gasteiger partial charge in [0.25, 0.3) is 0 Å². The first-order valence-electron chi connectivity index (χ1n) is 8.37. The molecule has 4 heteroatoms. The van der Waals surface area contributed by atoms with Gasteiger partial charge in [-0.15, -0.1) is 0 Å². The van der Waals surface area contributed by atoms with Crippen LogP contribution in [0.5, 0.6) is 0 Å². The fourth-order valence-electron chi connectivity index (χ4n) is 3.50. The maximum absolute atomic E-state index is 11.8. The number of nitrogens with zero attached hydrogens (tertiary/aromatic N) is 1. The van der Waals surface area contributed by atoms with Crippen LogP contribution in [-0.4, -0.2) is 28.6 Å². The van der Waals surface area contributed by atoms with E-state index in [1.165, 1.54) is 5.56 Å². The Morgan fingerprint density at radius 3 is 2.25 bits per heavy atom. The van der Waals surface area contributed by atoms with E-state index in [-0.39, 0.29) is 6.04 Å². The number of piperidine rings is 1. The van der Waals surface area contributed by atoms with Crippen LogP contribution >= 0.6 is 11.6 Å². The van der Waals surface area contributed by atoms with Gasteiger partial charge in [-0.3, -0.25) is 9.69 Å². The molecule has 2 aromatic rings. The maximum atomic E-state index is 11.8. The molecule has 2 unspecified atom stereocenters. The normalized spacial score (nSPS) is 19.8. The third-order valence-corrected chi connectivity index (χ3v) is 4.99. The average Bonchev–Trinajstić information content (AvgIpc) is 2.59. The molecule has 0 aliphatic carbocycles. The number of carbonyl (C=O) groups is 1. The molecule has 1 saturated heterocycles. The highest BCUT2D eigenvalue weighted by atomic mass is 35.5. The fourth-order valence-corrected chi connectivity index (χ4v) is 3.62. The number of hydrogen-bond acceptors (Lipinski definition) is 2. The summed E-state index contributed by atoms with van der Waals surface area (Å²) in [5, 5.41) is 10.4. The number of carboxylic acid groups (broad SMARTS) is 1. The minimum absolute atomic E-state index is 0.0655. The van der Waals surface area contributed by atoms with Crippen molar-refractivity contribution in [2.45, 2.75) is 38.3 Å². The number of rotatable bonds is 4. The van der Waals surface area contributed by atoms with Gasteiger partial charge in [-0.25, -0.2) is 0 Å². The van der Waals surface area contributed by atoms with Crippen LogP contribution in [0.4, 0.5) is 0 Å². The summed E-state index contributed by atoms with van der Waals surface area (Å²) in [5.41, 5.74) is 3.40. The summed E-state index contributed by atoms with van der Waals surface area (Å²) in [6.45, 7) is 2.85. The van der Waals surface area contributed by atoms with Crippen molar-refractivity contribution in [2.24, 2.45) is 0 Å². The Hall–Kier alpha value is -1.84. The highest BCUT2D eigenvalue weighted by Gasteiger charge is 2.34. The third kappa shape index (κ3) is 3.63. The molecule has 1 fully saturated rings. The van der Waals surface area contributed by atoms with Crippen LogP contribution in [0.25, 0.3) is 0 Å². The lowest BCUT2D eigenvalue weighted by molar-refractivity contribution is -0.145. The number of benzene rings is 2. The molecule has 3 rings (SSSR count). The van der Waals surface area contributed by atoms with Gasteiger partial charge in [0.1, 0.15) is 6.04 Å². The van der Waals surface area contributed by atoms with Crippen LogP contribution < -0.4 is 0 Å². The van der Waals surface area contributed by atoms with Gasteiger partial charge in [-0.1, -0.05) is 60.0 Å². The van der Waals surface area contributed by atoms with Gasteiger partial charge in [0, 0.05) is 5.02 Å². The molecule has 2 atom stereocenters. The molecule has 2 aromatic carbocycles. The smallest absolute Gasteiger partial charge is 0.320 e. The molecule has 3 nitrogen and oxygen atoms in total. The number of carboxylic acids is 1. The van der Waals surface area contributed by atoms with E-state index < -0.39 is 12.0 Å². The van der Waals surface area contributed by atoms with Crippen molar-refractivity contribution in [3.05, 3.63) is 70.2 Å². The van der Waals surface area contributed by atoms with E-state index in [0.717, 1.165) is 30.5 Å². The molecular formula is C20H22ClNO2. The van der Waals surface area contributed by atoms with Crippen molar-refractivity contribution >= 4 is 17.6 Å². The van der Waals surface area contributed by atoms with Crippen LogP contribution in [0.1, 0.15) is 42.0 Å². The highest BCUT2D eigenvalue weighted by Crippen LogP contribution is 2.34. The average molecular weight is 344 g/mol. The number of hydrogen-bond donors (Lipinski definition) is 1. The SMILES string of the molecule is Cc1ccc(C(c2ccc(Cl)cc2)N2CCCCC2C(=O)O)cc1. The summed E-state index contributed by atoms with van der Waals surface area (Å²) in [6, 6.07) is 15.6. The number of halogens is 1. The summed E-state index contributed by atoms with van der Waals surface area (Å²) in [7, 11) is 0. The molecule has 0 aromatic heterocycles. The van der Waals surface area contributed by atoms with Gasteiger partial charge in [-0.2, -0.15) is 0 Å². The summed E-state index contributed by atoms with van der Waals surface area (Å²) in [4.78, 5) is 13.9. The Bertz CT molecular complexity index is 651. The Morgan fingerprint density at radius 1 is 1.08 bits per heavy atom. The monoisotopic (exact) mass is 343 g/mol. The largest absolute Gasteiger partial charge is 0.480 e. The van der Waals surface area contributed by atoms with Gasteiger partial charge in [0.15, 0.2) is 0 Å². The van der Waals surface area contributed by atoms with Crippen molar-refractivity contribution in [1.82, 2.24) is 4.90 Å². The van der Waals surface area contributed by atoms with Crippen LogP contribution in [-0.2, 0) is 4.79 Å². The van der Waals surface area contributed by atoms with E-state index in [9.17, 15) is 9.90 Å². The highest BCUT2D eigenvalue weighted by molar-refractivity contribution is 6.30. The predicted octanol–water partition coefficient (Wildman–Crippen LogP) is 4.68. The number of likely N-dealkylation sites (tertiary alicyclic amines) is 1. The van der Waals surface area contributed by atoms with E-state index >= 15 is 0 Å². The summed E-state index contributed by atoms with van der Waals surface area (Å²) in [5.74, 6) is -0.735. The molecule has 24 heavy (non-hydrogen) atoms. The van der Waals surface area contributed by atoms with Crippen molar-refractivity contribution in [3.63, 3.8) is 0 Å². The molecule has 0 radical (unpaired) electrons. The Kier molecular flexibility index (Phi) is 5.22. The second kappa shape index (κ2) is 7.37. The van der Waals surface area contributed by atoms with Crippen molar-refractivity contribution in [1.29, 1.82) is 0 Å². The first-order chi connectivity index (χ1) is 11.6. The summed E-state index contributed by atoms with van der Waals surface area (Å²) < 4.78 is 0. The van der Waals surface area contributed by atoms with Gasteiger partial charge in [0.2, 0.25) is 0 Å². The summed E-state index contributed by atoms with van der Waals surface area (Å²) >= 11 is 6.04. The molecular weight excluding hydrogens is 322 g/mol. The van der Waals surface area contributed by atoms with Gasteiger partial charge < -0.3 is 5.11 Å². The zero-order valence-corrected chi connectivity index (χ0v) is 14.5. The lowest BCUT2D eigenvalue weighted by Crippen LogP contribution is -2.46. The van der Waals surface area contributed by atoms with Gasteiger partial charge in [-0.05, 0) is 49.6 Å². The van der Waals surface area contributed by atoms with E-state index in [2.05, 4.69) is 36.1 Å². The molecule has 1 N–H and O–H groups in total. The molecule has 1 heterocycles. The van der Waals surface area contributed by atoms with Crippen molar-refractivity contribution in [3.8, 4) is 0 Å². The van der Waals surface area contributed by atoms with Crippen LogP contribution in [0, 0.1) is 6.92 Å². The Labute approximate surface area is 147 Å². The van der Waals surface area contributed by atoms with E-state index in [1.54, 1.807) is 0 Å². The lowest BCUT2D eigenvalue weighted by atomic mass is 9.91. The zero-order valence-electron chi connectivity index (χ0n) is 13.8. The first-order valence-corrected chi connectivity index (χ1v) is 8.74. The first kappa shape index (κ1) is 17.0. The van der Waals surface area contributed by atoms with Crippen LogP contribution in [0.15, 0.2) is 48.5 Å². The quantitative estimate of drug-likeness (QED) is 0.876. The van der Waals surface area contributed by atoms with Crippen LogP contribution in [0.2, 0.25) is 5.02 Å². The predicted molar refractivity (Wildman–Crippen MR) is 96.5 cm³/mol. The summed E-state index contributed by atoms with van der Waals surface area (Å²) in [6.07, 6.45) is 2.69. The molecule has 1 aliphatic heterocycles. The van der Waals surface area contributed by atoms with Gasteiger partial charge in [0.05, 0.1) is 6.04 Å². The second-order valence-corrected chi connectivity index (χ2v) is 6.89. The molecule has 0 bridgehead atoms. The van der Waals surface area contributed by atoms with Gasteiger partial charge >= 0.3 is 5.97 Å². The van der Waals surface area contributed by atoms with Crippen LogP contribution in [0.3, 0.4) is 0 Å². The lowest BCUT2D eigenvalue weighted by Gasteiger charge is -2.39. The molecule has 0 amide bonds. The number of aliphatic carboxylic acids is 1. The fraction of sp³-hybridized carbons (Fsp3) is 0.350. The Balaban J connectivity index is 2.05. The minimum atomic E-state index is -0.735. The van der Waals surface area contributed by atoms with E-state index in [4.69, 9.17) is 11.6 Å². The number of aryl methyl sites for hydroxylation is 1.